The van der Waals surface area contributed by atoms with Crippen molar-refractivity contribution in [2.45, 2.75) is 25.5 Å². The largest absolute Gasteiger partial charge is 0.396 e. The highest BCUT2D eigenvalue weighted by molar-refractivity contribution is 6.30. The maximum Gasteiger partial charge on any atom is 0.271 e. The van der Waals surface area contributed by atoms with E-state index < -0.39 is 22.9 Å². The Bertz CT molecular complexity index is 1010. The second-order valence-electron chi connectivity index (χ2n) is 7.62. The van der Waals surface area contributed by atoms with Gasteiger partial charge in [0, 0.05) is 33.3 Å². The average molecular weight is 438 g/mol. The van der Waals surface area contributed by atoms with E-state index in [4.69, 9.17) is 28.1 Å². The van der Waals surface area contributed by atoms with Crippen molar-refractivity contribution in [1.82, 2.24) is 4.42 Å². The molecule has 2 aromatic carbocycles. The Hall–Kier alpha value is -1.99. The Morgan fingerprint density at radius 2 is 1.93 bits per heavy atom. The van der Waals surface area contributed by atoms with E-state index in [0.717, 1.165) is 23.3 Å². The van der Waals surface area contributed by atoms with Gasteiger partial charge in [0.1, 0.15) is 5.82 Å². The molecule has 0 bridgehead atoms. The lowest BCUT2D eigenvalue weighted by molar-refractivity contribution is -0.0990. The summed E-state index contributed by atoms with van der Waals surface area (Å²) in [7, 11) is 0. The number of ketones is 1. The van der Waals surface area contributed by atoms with Gasteiger partial charge in [-0.2, -0.15) is 0 Å². The van der Waals surface area contributed by atoms with Crippen molar-refractivity contribution < 1.29 is 23.8 Å². The van der Waals surface area contributed by atoms with Gasteiger partial charge >= 0.3 is 0 Å². The van der Waals surface area contributed by atoms with E-state index in [1.807, 2.05) is 0 Å². The minimum atomic E-state index is -1.75. The predicted molar refractivity (Wildman–Crippen MR) is 105 cm³/mol. The highest BCUT2D eigenvalue weighted by atomic mass is 35.5. The van der Waals surface area contributed by atoms with Crippen molar-refractivity contribution >= 4 is 35.1 Å². The number of fused-ring (bicyclic) bond motifs is 1. The highest BCUT2D eigenvalue weighted by Gasteiger charge is 2.56. The quantitative estimate of drug-likeness (QED) is 0.540. The molecule has 0 saturated heterocycles. The van der Waals surface area contributed by atoms with Crippen molar-refractivity contribution in [3.05, 3.63) is 69.5 Å². The van der Waals surface area contributed by atoms with Crippen LogP contribution in [-0.4, -0.2) is 34.4 Å². The van der Waals surface area contributed by atoms with Crippen molar-refractivity contribution in [1.29, 1.82) is 0 Å². The summed E-state index contributed by atoms with van der Waals surface area (Å²) in [5.74, 6) is -1.82. The monoisotopic (exact) mass is 437 g/mol. The molecule has 0 spiro atoms. The van der Waals surface area contributed by atoms with Gasteiger partial charge in [-0.3, -0.25) is 9.59 Å². The number of aliphatic hydroxyl groups excluding tert-OH is 1. The minimum absolute atomic E-state index is 0.0333. The number of ether oxygens (including phenoxy) is 1. The lowest BCUT2D eigenvalue weighted by Gasteiger charge is -2.36. The number of carbonyl (C=O) groups excluding carboxylic acids is 2. The van der Waals surface area contributed by atoms with E-state index in [2.05, 4.69) is 0 Å². The Balaban J connectivity index is 1.92. The maximum atomic E-state index is 15.3. The molecule has 0 aromatic heterocycles. The molecule has 5 nitrogen and oxygen atoms in total. The van der Waals surface area contributed by atoms with Gasteiger partial charge in [0.05, 0.1) is 24.3 Å². The van der Waals surface area contributed by atoms with Crippen LogP contribution in [0.2, 0.25) is 5.02 Å². The molecule has 0 radical (unpaired) electrons. The summed E-state index contributed by atoms with van der Waals surface area (Å²) < 4.78 is 22.3. The fourth-order valence-corrected chi connectivity index (χ4v) is 4.05. The number of hydrogen-bond donors (Lipinski definition) is 1. The van der Waals surface area contributed by atoms with E-state index in [1.54, 1.807) is 24.3 Å². The van der Waals surface area contributed by atoms with Crippen molar-refractivity contribution in [2.24, 2.45) is 5.41 Å². The summed E-state index contributed by atoms with van der Waals surface area (Å²) in [4.78, 5) is 24.7. The summed E-state index contributed by atoms with van der Waals surface area (Å²) in [6.45, 7) is 1.29. The normalized spacial score (nSPS) is 22.0. The number of halogens is 3. The number of Topliss-reactive ketones (excluding diaryl/α,β-unsaturated/α-hetero) is 1. The van der Waals surface area contributed by atoms with E-state index in [0.29, 0.717) is 10.6 Å². The van der Waals surface area contributed by atoms with E-state index in [1.165, 1.54) is 13.0 Å². The smallest absolute Gasteiger partial charge is 0.271 e. The van der Waals surface area contributed by atoms with Gasteiger partial charge in [-0.25, -0.2) is 8.81 Å². The van der Waals surface area contributed by atoms with Crippen LogP contribution in [0.4, 0.5) is 4.39 Å². The second kappa shape index (κ2) is 7.06. The molecular weight excluding hydrogens is 420 g/mol. The minimum Gasteiger partial charge on any atom is -0.396 e. The molecule has 152 valence electrons. The lowest BCUT2D eigenvalue weighted by Crippen LogP contribution is -2.43. The summed E-state index contributed by atoms with van der Waals surface area (Å²) in [5.41, 5.74) is -1.79. The van der Waals surface area contributed by atoms with Gasteiger partial charge in [0.2, 0.25) is 5.72 Å². The molecule has 1 saturated carbocycles. The van der Waals surface area contributed by atoms with Crippen LogP contribution in [0.1, 0.15) is 51.6 Å². The zero-order valence-electron chi connectivity index (χ0n) is 15.5. The molecular formula is C21H18Cl2FNO4. The average Bonchev–Trinajstić information content (AvgIpc) is 3.45. The molecule has 1 aliphatic carbocycles. The molecule has 8 heteroatoms. The number of rotatable bonds is 6. The van der Waals surface area contributed by atoms with Gasteiger partial charge in [-0.15, -0.1) is 0 Å². The first-order valence-corrected chi connectivity index (χ1v) is 9.82. The summed E-state index contributed by atoms with van der Waals surface area (Å²) in [6, 6.07) is 8.82. The van der Waals surface area contributed by atoms with Crippen LogP contribution in [0.15, 0.2) is 36.4 Å². The Kier molecular flexibility index (Phi) is 4.94. The van der Waals surface area contributed by atoms with Gasteiger partial charge in [-0.05, 0) is 44.0 Å². The molecule has 1 heterocycles. The van der Waals surface area contributed by atoms with Crippen LogP contribution < -0.4 is 0 Å². The van der Waals surface area contributed by atoms with Crippen LogP contribution in [0.3, 0.4) is 0 Å². The standard InChI is InChI=1S/C21H18Cl2FNO4/c1-12(27)13-8-16-18(17(24)9-13)21(25(23)19(16)28,14-2-4-15(22)5-3-14)29-11-20(10-26)6-7-20/h2-5,8-9,26H,6-7,10-11H2,1H3. The zero-order valence-corrected chi connectivity index (χ0v) is 17.1. The van der Waals surface area contributed by atoms with Crippen LogP contribution in [0.25, 0.3) is 0 Å². The van der Waals surface area contributed by atoms with Crippen molar-refractivity contribution in [3.8, 4) is 0 Å². The Morgan fingerprint density at radius 3 is 2.48 bits per heavy atom. The number of carbonyl (C=O) groups is 2. The van der Waals surface area contributed by atoms with Crippen LogP contribution in [0, 0.1) is 11.2 Å². The third-order valence-corrected chi connectivity index (χ3v) is 6.28. The zero-order chi connectivity index (χ0) is 21.0. The summed E-state index contributed by atoms with van der Waals surface area (Å²) in [5, 5.41) is 10.1. The molecule has 1 unspecified atom stereocenters. The van der Waals surface area contributed by atoms with Crippen LogP contribution in [-0.2, 0) is 10.5 Å². The number of aliphatic hydroxyl groups is 1. The maximum absolute atomic E-state index is 15.3. The SMILES string of the molecule is CC(=O)c1cc(F)c2c(c1)C(=O)N(Cl)C2(OCC1(CO)CC1)c1ccc(Cl)cc1. The molecule has 2 aromatic rings. The topological polar surface area (TPSA) is 66.8 Å². The highest BCUT2D eigenvalue weighted by Crippen LogP contribution is 2.52. The molecule has 1 N–H and O–H groups in total. The molecule has 1 amide bonds. The first kappa shape index (κ1) is 20.3. The summed E-state index contributed by atoms with van der Waals surface area (Å²) >= 11 is 12.4. The Morgan fingerprint density at radius 1 is 1.28 bits per heavy atom. The molecule has 2 aliphatic rings. The number of hydrogen-bond acceptors (Lipinski definition) is 4. The fourth-order valence-electron chi connectivity index (χ4n) is 3.60. The molecule has 1 atom stereocenters. The third-order valence-electron chi connectivity index (χ3n) is 5.64. The second-order valence-corrected chi connectivity index (χ2v) is 8.40. The first-order valence-electron chi connectivity index (χ1n) is 9.10. The number of nitrogens with zero attached hydrogens (tertiary/aromatic N) is 1. The van der Waals surface area contributed by atoms with Gasteiger partial charge in [0.15, 0.2) is 5.78 Å². The predicted octanol–water partition coefficient (Wildman–Crippen LogP) is 4.28. The van der Waals surface area contributed by atoms with Crippen LogP contribution in [0.5, 0.6) is 0 Å². The van der Waals surface area contributed by atoms with Crippen molar-refractivity contribution in [3.63, 3.8) is 0 Å². The molecule has 1 fully saturated rings. The molecule has 4 rings (SSSR count). The molecule has 1 aliphatic heterocycles. The van der Waals surface area contributed by atoms with E-state index in [9.17, 15) is 14.7 Å². The number of benzene rings is 2. The van der Waals surface area contributed by atoms with Gasteiger partial charge in [-0.1, -0.05) is 23.7 Å². The van der Waals surface area contributed by atoms with Gasteiger partial charge < -0.3 is 9.84 Å². The third kappa shape index (κ3) is 3.15. The molecule has 29 heavy (non-hydrogen) atoms. The summed E-state index contributed by atoms with van der Waals surface area (Å²) in [6.07, 6.45) is 1.52. The van der Waals surface area contributed by atoms with E-state index >= 15 is 4.39 Å². The Labute approximate surface area is 177 Å². The number of amides is 1. The fraction of sp³-hybridized carbons (Fsp3) is 0.333. The lowest BCUT2D eigenvalue weighted by atomic mass is 9.91. The first-order chi connectivity index (χ1) is 13.7. The van der Waals surface area contributed by atoms with Crippen LogP contribution >= 0.6 is 23.4 Å². The van der Waals surface area contributed by atoms with E-state index in [-0.39, 0.29) is 35.7 Å². The van der Waals surface area contributed by atoms with Crippen molar-refractivity contribution in [2.75, 3.05) is 13.2 Å². The van der Waals surface area contributed by atoms with Gasteiger partial charge in [0.25, 0.3) is 5.91 Å².